The molecule has 1 radical (unpaired) electrons. The largest absolute Gasteiger partial charge is 0.497 e. The Bertz CT molecular complexity index is 392. The third-order valence-corrected chi connectivity index (χ3v) is 1.91. The molecule has 2 rings (SSSR count). The first-order valence-electron chi connectivity index (χ1n) is 4.28. The molecular formula is C10H10N3O. The molecule has 1 aromatic carbocycles. The van der Waals surface area contributed by atoms with Gasteiger partial charge >= 0.3 is 0 Å². The predicted molar refractivity (Wildman–Crippen MR) is 54.8 cm³/mol. The van der Waals surface area contributed by atoms with Crippen molar-refractivity contribution in [3.63, 3.8) is 0 Å². The quantitative estimate of drug-likeness (QED) is 0.691. The average molecular weight is 188 g/mol. The van der Waals surface area contributed by atoms with Gasteiger partial charge in [0.2, 0.25) is 0 Å². The van der Waals surface area contributed by atoms with E-state index in [1.807, 2.05) is 31.2 Å². The van der Waals surface area contributed by atoms with E-state index in [-0.39, 0.29) is 0 Å². The summed E-state index contributed by atoms with van der Waals surface area (Å²) in [5.74, 6) is 2.17. The van der Waals surface area contributed by atoms with Crippen molar-refractivity contribution in [1.82, 2.24) is 5.32 Å². The molecule has 14 heavy (non-hydrogen) atoms. The lowest BCUT2D eigenvalue weighted by Crippen LogP contribution is -2.16. The van der Waals surface area contributed by atoms with Crippen LogP contribution < -0.4 is 10.1 Å². The molecule has 1 aromatic rings. The molecule has 71 valence electrons. The van der Waals surface area contributed by atoms with Crippen LogP contribution in [0.1, 0.15) is 12.5 Å². The zero-order valence-electron chi connectivity index (χ0n) is 8.06. The zero-order valence-corrected chi connectivity index (χ0v) is 8.06. The van der Waals surface area contributed by atoms with Crippen molar-refractivity contribution >= 4 is 11.7 Å². The highest BCUT2D eigenvalue weighted by Crippen LogP contribution is 2.12. The minimum absolute atomic E-state index is 0.658. The number of rotatable bonds is 2. The van der Waals surface area contributed by atoms with Crippen LogP contribution in [0, 0.1) is 0 Å². The first kappa shape index (κ1) is 8.74. The Morgan fingerprint density at radius 3 is 2.29 bits per heavy atom. The van der Waals surface area contributed by atoms with E-state index in [0.717, 1.165) is 11.3 Å². The molecule has 0 unspecified atom stereocenters. The van der Waals surface area contributed by atoms with Gasteiger partial charge in [-0.15, -0.1) is 10.2 Å². The molecule has 4 nitrogen and oxygen atoms in total. The molecule has 0 saturated carbocycles. The summed E-state index contributed by atoms with van der Waals surface area (Å²) in [6.07, 6.45) is 0. The lowest BCUT2D eigenvalue weighted by molar-refractivity contribution is 0.415. The van der Waals surface area contributed by atoms with E-state index in [0.29, 0.717) is 11.7 Å². The Morgan fingerprint density at radius 2 is 1.79 bits per heavy atom. The molecule has 0 amide bonds. The molecule has 1 aliphatic rings. The van der Waals surface area contributed by atoms with Gasteiger partial charge in [0.1, 0.15) is 11.6 Å². The van der Waals surface area contributed by atoms with Gasteiger partial charge in [-0.25, -0.2) is 5.32 Å². The first-order chi connectivity index (χ1) is 6.79. The lowest BCUT2D eigenvalue weighted by Gasteiger charge is -2.01. The number of hydrogen-bond donors (Lipinski definition) is 0. The van der Waals surface area contributed by atoms with Gasteiger partial charge in [-0.3, -0.25) is 0 Å². The van der Waals surface area contributed by atoms with E-state index < -0.39 is 0 Å². The third kappa shape index (κ3) is 1.59. The Morgan fingerprint density at radius 1 is 1.07 bits per heavy atom. The predicted octanol–water partition coefficient (Wildman–Crippen LogP) is 1.39. The highest BCUT2D eigenvalue weighted by Gasteiger charge is 2.11. The first-order valence-corrected chi connectivity index (χ1v) is 4.28. The van der Waals surface area contributed by atoms with Gasteiger partial charge in [0, 0.05) is 5.56 Å². The summed E-state index contributed by atoms with van der Waals surface area (Å²) in [4.78, 5) is 0. The van der Waals surface area contributed by atoms with Gasteiger partial charge in [-0.2, -0.15) is 0 Å². The van der Waals surface area contributed by atoms with Crippen molar-refractivity contribution in [2.75, 3.05) is 7.11 Å². The molecule has 1 aliphatic heterocycles. The standard InChI is InChI=1S/C10H10N3O/c1-7-11-10(13-12-7)8-3-5-9(14-2)6-4-8/h3-6H,1-2H3. The van der Waals surface area contributed by atoms with Crippen molar-refractivity contribution in [1.29, 1.82) is 0 Å². The van der Waals surface area contributed by atoms with E-state index in [9.17, 15) is 0 Å². The van der Waals surface area contributed by atoms with Gasteiger partial charge in [0.05, 0.1) is 7.11 Å². The molecule has 1 heterocycles. The Labute approximate surface area is 82.3 Å². The highest BCUT2D eigenvalue weighted by atomic mass is 16.5. The van der Waals surface area contributed by atoms with E-state index in [1.54, 1.807) is 7.11 Å². The Hall–Kier alpha value is -1.84. The summed E-state index contributed by atoms with van der Waals surface area (Å²) in [5.41, 5.74) is 0.950. The van der Waals surface area contributed by atoms with Crippen LogP contribution in [0.5, 0.6) is 5.75 Å². The van der Waals surface area contributed by atoms with Gasteiger partial charge in [0.25, 0.3) is 0 Å². The molecule has 0 spiro atoms. The number of amidine groups is 2. The normalized spacial score (nSPS) is 14.4. The van der Waals surface area contributed by atoms with Gasteiger partial charge in [-0.05, 0) is 31.2 Å². The van der Waals surface area contributed by atoms with Crippen LogP contribution >= 0.6 is 0 Å². The van der Waals surface area contributed by atoms with E-state index >= 15 is 0 Å². The van der Waals surface area contributed by atoms with Crippen molar-refractivity contribution < 1.29 is 4.74 Å². The molecule has 0 aliphatic carbocycles. The van der Waals surface area contributed by atoms with Crippen LogP contribution in [-0.4, -0.2) is 18.8 Å². The second kappa shape index (κ2) is 3.49. The third-order valence-electron chi connectivity index (χ3n) is 1.91. The van der Waals surface area contributed by atoms with Crippen LogP contribution in [-0.2, 0) is 0 Å². The van der Waals surface area contributed by atoms with Crippen molar-refractivity contribution in [2.24, 2.45) is 10.2 Å². The molecule has 0 atom stereocenters. The molecular weight excluding hydrogens is 178 g/mol. The summed E-state index contributed by atoms with van der Waals surface area (Å²) >= 11 is 0. The lowest BCUT2D eigenvalue weighted by atomic mass is 10.2. The number of nitrogens with zero attached hydrogens (tertiary/aromatic N) is 3. The fourth-order valence-corrected chi connectivity index (χ4v) is 1.18. The van der Waals surface area contributed by atoms with Crippen LogP contribution in [0.2, 0.25) is 0 Å². The fraction of sp³-hybridized carbons (Fsp3) is 0.200. The number of benzene rings is 1. The fourth-order valence-electron chi connectivity index (χ4n) is 1.18. The Balaban J connectivity index is 2.19. The summed E-state index contributed by atoms with van der Waals surface area (Å²) in [6.45, 7) is 1.82. The summed E-state index contributed by atoms with van der Waals surface area (Å²) < 4.78 is 5.05. The van der Waals surface area contributed by atoms with Crippen molar-refractivity contribution in [2.45, 2.75) is 6.92 Å². The van der Waals surface area contributed by atoms with E-state index in [2.05, 4.69) is 15.5 Å². The summed E-state index contributed by atoms with van der Waals surface area (Å²) in [6, 6.07) is 7.58. The highest BCUT2D eigenvalue weighted by molar-refractivity contribution is 6.10. The van der Waals surface area contributed by atoms with E-state index in [4.69, 9.17) is 4.74 Å². The van der Waals surface area contributed by atoms with Crippen molar-refractivity contribution in [3.05, 3.63) is 29.8 Å². The molecule has 0 aromatic heterocycles. The minimum atomic E-state index is 0.658. The average Bonchev–Trinajstić information content (AvgIpc) is 2.65. The van der Waals surface area contributed by atoms with Crippen molar-refractivity contribution in [3.8, 4) is 5.75 Å². The van der Waals surface area contributed by atoms with E-state index in [1.165, 1.54) is 0 Å². The van der Waals surface area contributed by atoms with Crippen LogP contribution in [0.3, 0.4) is 0 Å². The number of hydrogen-bond acceptors (Lipinski definition) is 3. The monoisotopic (exact) mass is 188 g/mol. The SMILES string of the molecule is COc1ccc(C2=NN=C(C)[N]2)cc1. The van der Waals surface area contributed by atoms with Crippen LogP contribution in [0.4, 0.5) is 0 Å². The number of methoxy groups -OCH3 is 1. The summed E-state index contributed by atoms with van der Waals surface area (Å²) in [5, 5.41) is 12.0. The van der Waals surface area contributed by atoms with Gasteiger partial charge in [0.15, 0.2) is 5.84 Å². The van der Waals surface area contributed by atoms with Crippen LogP contribution in [0.15, 0.2) is 34.5 Å². The molecule has 0 N–H and O–H groups in total. The summed E-state index contributed by atoms with van der Waals surface area (Å²) in [7, 11) is 1.64. The molecule has 4 heteroatoms. The zero-order chi connectivity index (χ0) is 9.97. The second-order valence-electron chi connectivity index (χ2n) is 2.91. The molecule has 0 fully saturated rings. The topological polar surface area (TPSA) is 48.1 Å². The smallest absolute Gasteiger partial charge is 0.183 e. The second-order valence-corrected chi connectivity index (χ2v) is 2.91. The number of ether oxygens (including phenoxy) is 1. The maximum absolute atomic E-state index is 5.05. The minimum Gasteiger partial charge on any atom is -0.497 e. The molecule has 0 saturated heterocycles. The molecule has 0 bridgehead atoms. The maximum atomic E-state index is 5.05. The van der Waals surface area contributed by atoms with Gasteiger partial charge in [-0.1, -0.05) is 0 Å². The maximum Gasteiger partial charge on any atom is 0.183 e. The van der Waals surface area contributed by atoms with Crippen LogP contribution in [0.25, 0.3) is 0 Å². The van der Waals surface area contributed by atoms with Gasteiger partial charge < -0.3 is 4.74 Å². The Kier molecular flexibility index (Phi) is 2.18.